The van der Waals surface area contributed by atoms with Gasteiger partial charge in [0, 0.05) is 17.1 Å². The van der Waals surface area contributed by atoms with Gasteiger partial charge in [0.25, 0.3) is 0 Å². The lowest BCUT2D eigenvalue weighted by molar-refractivity contribution is -0.0171. The van der Waals surface area contributed by atoms with Gasteiger partial charge in [-0.3, -0.25) is 0 Å². The predicted octanol–water partition coefficient (Wildman–Crippen LogP) is 4.82. The maximum Gasteiger partial charge on any atom is 0.0406 e. The van der Waals surface area contributed by atoms with Crippen molar-refractivity contribution in [2.45, 2.75) is 51.1 Å². The Labute approximate surface area is 127 Å². The fraction of sp³-hybridized carbons (Fsp3) is 0.667. The monoisotopic (exact) mass is 289 g/mol. The fourth-order valence-corrected chi connectivity index (χ4v) is 5.46. The third kappa shape index (κ3) is 2.29. The van der Waals surface area contributed by atoms with Crippen LogP contribution in [0, 0.1) is 23.7 Å². The first-order chi connectivity index (χ1) is 9.69. The van der Waals surface area contributed by atoms with Crippen molar-refractivity contribution in [1.29, 1.82) is 0 Å². The average molecular weight is 290 g/mol. The lowest BCUT2D eigenvalue weighted by Crippen LogP contribution is -2.54. The van der Waals surface area contributed by atoms with Gasteiger partial charge < -0.3 is 5.32 Å². The SMILES string of the molecule is CC(NC1C2CC3CC(C2)CC1C3)c1ccc(Cl)cc1. The molecule has 4 fully saturated rings. The molecule has 1 N–H and O–H groups in total. The zero-order chi connectivity index (χ0) is 13.7. The molecule has 4 aliphatic carbocycles. The van der Waals surface area contributed by atoms with Crippen molar-refractivity contribution >= 4 is 11.6 Å². The summed E-state index contributed by atoms with van der Waals surface area (Å²) in [6.45, 7) is 2.30. The van der Waals surface area contributed by atoms with Crippen LogP contribution in [-0.4, -0.2) is 6.04 Å². The fourth-order valence-electron chi connectivity index (χ4n) is 5.33. The lowest BCUT2D eigenvalue weighted by atomic mass is 9.54. The molecule has 2 heteroatoms. The van der Waals surface area contributed by atoms with Crippen LogP contribution < -0.4 is 5.32 Å². The van der Waals surface area contributed by atoms with Gasteiger partial charge in [0.15, 0.2) is 0 Å². The van der Waals surface area contributed by atoms with E-state index in [1.807, 2.05) is 12.1 Å². The zero-order valence-corrected chi connectivity index (χ0v) is 12.9. The van der Waals surface area contributed by atoms with E-state index in [-0.39, 0.29) is 0 Å². The molecular weight excluding hydrogens is 266 g/mol. The van der Waals surface area contributed by atoms with Gasteiger partial charge >= 0.3 is 0 Å². The number of rotatable bonds is 3. The maximum absolute atomic E-state index is 5.99. The molecule has 1 aromatic rings. The van der Waals surface area contributed by atoms with Gasteiger partial charge in [-0.15, -0.1) is 0 Å². The van der Waals surface area contributed by atoms with Gasteiger partial charge in [-0.1, -0.05) is 23.7 Å². The van der Waals surface area contributed by atoms with Crippen molar-refractivity contribution in [1.82, 2.24) is 5.32 Å². The van der Waals surface area contributed by atoms with Crippen molar-refractivity contribution < 1.29 is 0 Å². The van der Waals surface area contributed by atoms with Gasteiger partial charge in [-0.05, 0) is 80.4 Å². The van der Waals surface area contributed by atoms with Crippen LogP contribution in [0.4, 0.5) is 0 Å². The summed E-state index contributed by atoms with van der Waals surface area (Å²) >= 11 is 5.99. The average Bonchev–Trinajstić information content (AvgIpc) is 2.42. The van der Waals surface area contributed by atoms with E-state index in [4.69, 9.17) is 11.6 Å². The Balaban J connectivity index is 1.47. The molecule has 4 saturated carbocycles. The molecule has 0 aliphatic heterocycles. The molecule has 0 saturated heterocycles. The van der Waals surface area contributed by atoms with Crippen molar-refractivity contribution in [3.05, 3.63) is 34.9 Å². The third-order valence-electron chi connectivity index (χ3n) is 6.04. The highest BCUT2D eigenvalue weighted by molar-refractivity contribution is 6.30. The number of hydrogen-bond donors (Lipinski definition) is 1. The first-order valence-electron chi connectivity index (χ1n) is 8.20. The van der Waals surface area contributed by atoms with Crippen LogP contribution in [-0.2, 0) is 0 Å². The van der Waals surface area contributed by atoms with Gasteiger partial charge in [-0.25, -0.2) is 0 Å². The molecule has 0 heterocycles. The first kappa shape index (κ1) is 13.2. The summed E-state index contributed by atoms with van der Waals surface area (Å²) in [5.41, 5.74) is 1.36. The minimum absolute atomic E-state index is 0.440. The van der Waals surface area contributed by atoms with Gasteiger partial charge in [0.1, 0.15) is 0 Å². The maximum atomic E-state index is 5.99. The van der Waals surface area contributed by atoms with Crippen molar-refractivity contribution in [2.24, 2.45) is 23.7 Å². The molecule has 4 aliphatic rings. The Bertz CT molecular complexity index is 453. The molecule has 108 valence electrons. The largest absolute Gasteiger partial charge is 0.307 e. The van der Waals surface area contributed by atoms with Crippen LogP contribution in [0.15, 0.2) is 24.3 Å². The standard InChI is InChI=1S/C18H24ClN/c1-11(14-2-4-17(19)5-3-14)20-18-15-7-12-6-13(9-15)10-16(18)8-12/h2-5,11-13,15-16,18,20H,6-10H2,1H3. The van der Waals surface area contributed by atoms with Gasteiger partial charge in [-0.2, -0.15) is 0 Å². The van der Waals surface area contributed by atoms with Crippen LogP contribution >= 0.6 is 11.6 Å². The van der Waals surface area contributed by atoms with E-state index in [1.54, 1.807) is 0 Å². The molecule has 4 bridgehead atoms. The molecule has 1 unspecified atom stereocenters. The molecule has 0 amide bonds. The van der Waals surface area contributed by atoms with Crippen LogP contribution in [0.25, 0.3) is 0 Å². The van der Waals surface area contributed by atoms with E-state index < -0.39 is 0 Å². The van der Waals surface area contributed by atoms with Crippen LogP contribution in [0.1, 0.15) is 50.6 Å². The molecule has 1 nitrogen and oxygen atoms in total. The second-order valence-corrected chi connectivity index (χ2v) is 7.83. The quantitative estimate of drug-likeness (QED) is 0.841. The Morgan fingerprint density at radius 2 is 1.50 bits per heavy atom. The molecule has 0 aromatic heterocycles. The minimum atomic E-state index is 0.440. The summed E-state index contributed by atoms with van der Waals surface area (Å²) in [5.74, 6) is 4.00. The Morgan fingerprint density at radius 3 is 2.05 bits per heavy atom. The van der Waals surface area contributed by atoms with E-state index in [0.29, 0.717) is 6.04 Å². The Morgan fingerprint density at radius 1 is 0.950 bits per heavy atom. The van der Waals surface area contributed by atoms with E-state index in [9.17, 15) is 0 Å². The normalized spacial score (nSPS) is 40.0. The number of nitrogens with one attached hydrogen (secondary N) is 1. The highest BCUT2D eigenvalue weighted by atomic mass is 35.5. The van der Waals surface area contributed by atoms with Gasteiger partial charge in [0.2, 0.25) is 0 Å². The van der Waals surface area contributed by atoms with Crippen molar-refractivity contribution in [2.75, 3.05) is 0 Å². The Hall–Kier alpha value is -0.530. The van der Waals surface area contributed by atoms with E-state index in [2.05, 4.69) is 24.4 Å². The van der Waals surface area contributed by atoms with Gasteiger partial charge in [0.05, 0.1) is 0 Å². The minimum Gasteiger partial charge on any atom is -0.307 e. The summed E-state index contributed by atoms with van der Waals surface area (Å²) in [6.07, 6.45) is 7.47. The zero-order valence-electron chi connectivity index (χ0n) is 12.2. The molecule has 0 radical (unpaired) electrons. The Kier molecular flexibility index (Phi) is 3.31. The molecule has 5 rings (SSSR count). The highest BCUT2D eigenvalue weighted by Gasteiger charge is 2.48. The second kappa shape index (κ2) is 5.03. The second-order valence-electron chi connectivity index (χ2n) is 7.40. The highest BCUT2D eigenvalue weighted by Crippen LogP contribution is 2.54. The molecule has 1 aromatic carbocycles. The van der Waals surface area contributed by atoms with Crippen molar-refractivity contribution in [3.8, 4) is 0 Å². The van der Waals surface area contributed by atoms with E-state index in [0.717, 1.165) is 34.7 Å². The smallest absolute Gasteiger partial charge is 0.0406 e. The molecular formula is C18H24ClN. The van der Waals surface area contributed by atoms with Crippen LogP contribution in [0.3, 0.4) is 0 Å². The van der Waals surface area contributed by atoms with Crippen LogP contribution in [0.2, 0.25) is 5.02 Å². The topological polar surface area (TPSA) is 12.0 Å². The first-order valence-corrected chi connectivity index (χ1v) is 8.58. The third-order valence-corrected chi connectivity index (χ3v) is 6.29. The lowest BCUT2D eigenvalue weighted by Gasteiger charge is -2.55. The van der Waals surface area contributed by atoms with E-state index >= 15 is 0 Å². The molecule has 20 heavy (non-hydrogen) atoms. The molecule has 1 atom stereocenters. The summed E-state index contributed by atoms with van der Waals surface area (Å²) in [4.78, 5) is 0. The summed E-state index contributed by atoms with van der Waals surface area (Å²) in [7, 11) is 0. The summed E-state index contributed by atoms with van der Waals surface area (Å²) < 4.78 is 0. The molecule has 0 spiro atoms. The summed E-state index contributed by atoms with van der Waals surface area (Å²) in [6, 6.07) is 9.53. The number of benzene rings is 1. The van der Waals surface area contributed by atoms with E-state index in [1.165, 1.54) is 37.7 Å². The summed E-state index contributed by atoms with van der Waals surface area (Å²) in [5, 5.41) is 4.78. The van der Waals surface area contributed by atoms with Crippen molar-refractivity contribution in [3.63, 3.8) is 0 Å². The van der Waals surface area contributed by atoms with Crippen LogP contribution in [0.5, 0.6) is 0 Å². The predicted molar refractivity (Wildman–Crippen MR) is 83.8 cm³/mol. The number of halogens is 1. The number of hydrogen-bond acceptors (Lipinski definition) is 1.